The summed E-state index contributed by atoms with van der Waals surface area (Å²) in [6, 6.07) is 6.70. The number of nitrogens with zero attached hydrogens (tertiary/aromatic N) is 4. The maximum absolute atomic E-state index is 12.1. The van der Waals surface area contributed by atoms with Gasteiger partial charge in [-0.05, 0) is 32.0 Å². The van der Waals surface area contributed by atoms with Gasteiger partial charge in [0, 0.05) is 17.4 Å². The summed E-state index contributed by atoms with van der Waals surface area (Å²) in [7, 11) is 0. The van der Waals surface area contributed by atoms with Crippen LogP contribution in [0.2, 0.25) is 0 Å². The third-order valence-corrected chi connectivity index (χ3v) is 3.73. The molecule has 2 amide bonds. The van der Waals surface area contributed by atoms with Crippen molar-refractivity contribution in [2.45, 2.75) is 13.8 Å². The monoisotopic (exact) mass is 352 g/mol. The molecule has 1 aromatic carbocycles. The van der Waals surface area contributed by atoms with Crippen molar-refractivity contribution in [3.8, 4) is 17.4 Å². The smallest absolute Gasteiger partial charge is 0.323 e. The quantitative estimate of drug-likeness (QED) is 0.751. The van der Waals surface area contributed by atoms with Gasteiger partial charge in [0.15, 0.2) is 11.5 Å². The number of ether oxygens (including phenoxy) is 2. The third-order valence-electron chi connectivity index (χ3n) is 3.73. The van der Waals surface area contributed by atoms with Gasteiger partial charge < -0.3 is 20.1 Å². The molecule has 0 unspecified atom stereocenters. The summed E-state index contributed by atoms with van der Waals surface area (Å²) in [5.41, 5.74) is 2.88. The fourth-order valence-electron chi connectivity index (χ4n) is 2.59. The highest BCUT2D eigenvalue weighted by Crippen LogP contribution is 2.34. The summed E-state index contributed by atoms with van der Waals surface area (Å²) in [4.78, 5) is 20.6. The van der Waals surface area contributed by atoms with Gasteiger partial charge in [0.25, 0.3) is 5.95 Å². The van der Waals surface area contributed by atoms with Gasteiger partial charge in [-0.15, -0.1) is 0 Å². The highest BCUT2D eigenvalue weighted by atomic mass is 16.7. The molecule has 0 saturated heterocycles. The normalized spacial score (nSPS) is 12.1. The molecule has 1 aliphatic heterocycles. The summed E-state index contributed by atoms with van der Waals surface area (Å²) >= 11 is 0. The van der Waals surface area contributed by atoms with Gasteiger partial charge in [0.2, 0.25) is 6.79 Å². The van der Waals surface area contributed by atoms with Crippen molar-refractivity contribution >= 4 is 17.4 Å². The van der Waals surface area contributed by atoms with Gasteiger partial charge >= 0.3 is 6.03 Å². The molecule has 3 aromatic rings. The van der Waals surface area contributed by atoms with E-state index in [2.05, 4.69) is 25.7 Å². The summed E-state index contributed by atoms with van der Waals surface area (Å²) in [5.74, 6) is 1.70. The first-order valence-electron chi connectivity index (χ1n) is 7.92. The van der Waals surface area contributed by atoms with E-state index < -0.39 is 6.03 Å². The lowest BCUT2D eigenvalue weighted by atomic mass is 10.3. The Morgan fingerprint density at radius 3 is 2.50 bits per heavy atom. The van der Waals surface area contributed by atoms with E-state index >= 15 is 0 Å². The van der Waals surface area contributed by atoms with E-state index in [1.54, 1.807) is 22.9 Å². The van der Waals surface area contributed by atoms with Crippen LogP contribution in [0.25, 0.3) is 5.95 Å². The second-order valence-corrected chi connectivity index (χ2v) is 5.76. The minimum atomic E-state index is -0.411. The van der Waals surface area contributed by atoms with Crippen molar-refractivity contribution in [2.24, 2.45) is 0 Å². The van der Waals surface area contributed by atoms with Crippen LogP contribution in [0, 0.1) is 13.8 Å². The number of rotatable bonds is 3. The van der Waals surface area contributed by atoms with E-state index in [9.17, 15) is 4.79 Å². The molecule has 0 bridgehead atoms. The number of hydrogen-bond acceptors (Lipinski definition) is 6. The lowest BCUT2D eigenvalue weighted by Gasteiger charge is -2.08. The van der Waals surface area contributed by atoms with Crippen LogP contribution >= 0.6 is 0 Å². The lowest BCUT2D eigenvalue weighted by molar-refractivity contribution is 0.174. The average Bonchev–Trinajstić information content (AvgIpc) is 3.21. The van der Waals surface area contributed by atoms with Gasteiger partial charge in [0.05, 0.1) is 23.8 Å². The molecule has 0 spiro atoms. The zero-order valence-corrected chi connectivity index (χ0v) is 14.2. The number of urea groups is 1. The molecule has 26 heavy (non-hydrogen) atoms. The molecular formula is C17H16N6O3. The predicted octanol–water partition coefficient (Wildman–Crippen LogP) is 2.65. The van der Waals surface area contributed by atoms with E-state index in [1.807, 2.05) is 19.9 Å². The van der Waals surface area contributed by atoms with Crippen LogP contribution in [-0.4, -0.2) is 32.6 Å². The van der Waals surface area contributed by atoms with Gasteiger partial charge in [-0.25, -0.2) is 19.4 Å². The number of carbonyl (C=O) groups is 1. The molecule has 132 valence electrons. The highest BCUT2D eigenvalue weighted by molar-refractivity contribution is 5.99. The third kappa shape index (κ3) is 3.14. The number of aromatic nitrogens is 4. The predicted molar refractivity (Wildman–Crippen MR) is 93.8 cm³/mol. The van der Waals surface area contributed by atoms with Crippen LogP contribution in [0.1, 0.15) is 11.4 Å². The van der Waals surface area contributed by atoms with Crippen LogP contribution in [-0.2, 0) is 0 Å². The summed E-state index contributed by atoms with van der Waals surface area (Å²) in [6.07, 6.45) is 3.05. The summed E-state index contributed by atoms with van der Waals surface area (Å²) < 4.78 is 12.2. The maximum atomic E-state index is 12.1. The van der Waals surface area contributed by atoms with Crippen LogP contribution in [0.15, 0.2) is 36.7 Å². The van der Waals surface area contributed by atoms with Crippen molar-refractivity contribution < 1.29 is 14.3 Å². The molecule has 0 aliphatic carbocycles. The number of aryl methyl sites for hydroxylation is 2. The molecule has 9 nitrogen and oxygen atoms in total. The van der Waals surface area contributed by atoms with E-state index in [1.165, 1.54) is 12.4 Å². The average molecular weight is 352 g/mol. The highest BCUT2D eigenvalue weighted by Gasteiger charge is 2.14. The molecule has 1 aliphatic rings. The molecule has 2 aromatic heterocycles. The Morgan fingerprint density at radius 1 is 1.04 bits per heavy atom. The molecule has 0 atom stereocenters. The first-order chi connectivity index (χ1) is 12.6. The van der Waals surface area contributed by atoms with E-state index in [4.69, 9.17) is 9.47 Å². The summed E-state index contributed by atoms with van der Waals surface area (Å²) in [6.45, 7) is 4.01. The zero-order chi connectivity index (χ0) is 18.1. The second-order valence-electron chi connectivity index (χ2n) is 5.76. The first kappa shape index (κ1) is 15.9. The minimum absolute atomic E-state index is 0.184. The largest absolute Gasteiger partial charge is 0.454 e. The van der Waals surface area contributed by atoms with Crippen molar-refractivity contribution in [3.63, 3.8) is 0 Å². The van der Waals surface area contributed by atoms with Crippen LogP contribution in [0.4, 0.5) is 16.2 Å². The molecule has 2 N–H and O–H groups in total. The van der Waals surface area contributed by atoms with Crippen LogP contribution in [0.5, 0.6) is 11.5 Å². The Bertz CT molecular complexity index is 967. The van der Waals surface area contributed by atoms with Crippen molar-refractivity contribution in [2.75, 3.05) is 17.4 Å². The topological polar surface area (TPSA) is 103 Å². The Kier molecular flexibility index (Phi) is 3.88. The van der Waals surface area contributed by atoms with Gasteiger partial charge in [0.1, 0.15) is 0 Å². The molecule has 3 heterocycles. The molecule has 4 rings (SSSR count). The Hall–Kier alpha value is -3.62. The number of benzene rings is 1. The van der Waals surface area contributed by atoms with Gasteiger partial charge in [-0.3, -0.25) is 0 Å². The molecular weight excluding hydrogens is 336 g/mol. The van der Waals surface area contributed by atoms with Crippen LogP contribution < -0.4 is 20.1 Å². The standard InChI is InChI=1S/C17H16N6O3/c1-10-5-11(2)23(22-10)16-18-7-13(8-19-16)21-17(24)20-12-3-4-14-15(6-12)26-9-25-14/h3-8H,9H2,1-2H3,(H2,20,21,24). The van der Waals surface area contributed by atoms with Gasteiger partial charge in [-0.2, -0.15) is 5.10 Å². The number of amides is 2. The zero-order valence-electron chi connectivity index (χ0n) is 14.2. The SMILES string of the molecule is Cc1cc(C)n(-c2ncc(NC(=O)Nc3ccc4c(c3)OCO4)cn2)n1. The number of carbonyl (C=O) groups excluding carboxylic acids is 1. The number of hydrogen-bond donors (Lipinski definition) is 2. The fraction of sp³-hybridized carbons (Fsp3) is 0.176. The number of fused-ring (bicyclic) bond motifs is 1. The van der Waals surface area contributed by atoms with Crippen molar-refractivity contribution in [1.29, 1.82) is 0 Å². The molecule has 9 heteroatoms. The number of anilines is 2. The van der Waals surface area contributed by atoms with E-state index in [0.717, 1.165) is 11.4 Å². The maximum Gasteiger partial charge on any atom is 0.323 e. The van der Waals surface area contributed by atoms with Gasteiger partial charge in [-0.1, -0.05) is 0 Å². The van der Waals surface area contributed by atoms with E-state index in [-0.39, 0.29) is 6.79 Å². The first-order valence-corrected chi connectivity index (χ1v) is 7.92. The summed E-state index contributed by atoms with van der Waals surface area (Å²) in [5, 5.41) is 9.73. The van der Waals surface area contributed by atoms with E-state index in [0.29, 0.717) is 28.8 Å². The second kappa shape index (κ2) is 6.36. The molecule has 0 radical (unpaired) electrons. The molecule has 0 fully saturated rings. The van der Waals surface area contributed by atoms with Crippen LogP contribution in [0.3, 0.4) is 0 Å². The molecule has 0 saturated carbocycles. The van der Waals surface area contributed by atoms with Crippen molar-refractivity contribution in [3.05, 3.63) is 48.0 Å². The Morgan fingerprint density at radius 2 is 1.77 bits per heavy atom. The Balaban J connectivity index is 1.42. The lowest BCUT2D eigenvalue weighted by Crippen LogP contribution is -2.19. The fourth-order valence-corrected chi connectivity index (χ4v) is 2.59. The Labute approximate surface area is 149 Å². The minimum Gasteiger partial charge on any atom is -0.454 e. The number of nitrogens with one attached hydrogen (secondary N) is 2. The van der Waals surface area contributed by atoms with Crippen molar-refractivity contribution in [1.82, 2.24) is 19.7 Å².